The topological polar surface area (TPSA) is 32.3 Å². The first-order valence-electron chi connectivity index (χ1n) is 7.93. The highest BCUT2D eigenvalue weighted by Gasteiger charge is 2.25. The molecule has 0 radical (unpaired) electrons. The lowest BCUT2D eigenvalue weighted by atomic mass is 10.1. The average Bonchev–Trinajstić information content (AvgIpc) is 2.93. The highest BCUT2D eigenvalue weighted by Crippen LogP contribution is 2.38. The Morgan fingerprint density at radius 2 is 2.08 bits per heavy atom. The number of rotatable bonds is 3. The summed E-state index contributed by atoms with van der Waals surface area (Å²) in [7, 11) is 1.99. The highest BCUT2D eigenvalue weighted by atomic mass is 35.5. The van der Waals surface area contributed by atoms with E-state index in [1.54, 1.807) is 30.6 Å². The maximum atomic E-state index is 14.4. The molecule has 6 heteroatoms. The predicted octanol–water partition coefficient (Wildman–Crippen LogP) is 4.35. The zero-order chi connectivity index (χ0) is 17.4. The largest absolute Gasteiger partial charge is 0.346 e. The normalized spacial score (nSPS) is 13.2. The van der Waals surface area contributed by atoms with Gasteiger partial charge in [0.15, 0.2) is 5.82 Å². The van der Waals surface area contributed by atoms with Gasteiger partial charge in [0.05, 0.1) is 17.4 Å². The van der Waals surface area contributed by atoms with Gasteiger partial charge in [0.1, 0.15) is 5.82 Å². The van der Waals surface area contributed by atoms with E-state index in [1.165, 1.54) is 0 Å². The van der Waals surface area contributed by atoms with Gasteiger partial charge < -0.3 is 9.80 Å². The summed E-state index contributed by atoms with van der Waals surface area (Å²) in [4.78, 5) is 13.0. The van der Waals surface area contributed by atoms with Crippen molar-refractivity contribution in [2.45, 2.75) is 6.54 Å². The van der Waals surface area contributed by atoms with Crippen molar-refractivity contribution < 1.29 is 4.39 Å². The number of hydrogen-bond acceptors (Lipinski definition) is 4. The molecule has 0 bridgehead atoms. The van der Waals surface area contributed by atoms with Gasteiger partial charge in [-0.05, 0) is 23.8 Å². The maximum absolute atomic E-state index is 14.4. The van der Waals surface area contributed by atoms with Crippen LogP contribution < -0.4 is 9.80 Å². The van der Waals surface area contributed by atoms with Gasteiger partial charge in [-0.3, -0.25) is 4.98 Å². The Hall–Kier alpha value is -2.66. The maximum Gasteiger partial charge on any atom is 0.153 e. The molecular formula is C19H16ClFN4. The van der Waals surface area contributed by atoms with E-state index in [9.17, 15) is 4.39 Å². The van der Waals surface area contributed by atoms with Gasteiger partial charge in [0.25, 0.3) is 0 Å². The summed E-state index contributed by atoms with van der Waals surface area (Å²) in [5.74, 6) is 0.464. The molecule has 0 N–H and O–H groups in total. The molecule has 0 atom stereocenters. The molecule has 0 saturated heterocycles. The number of benzene rings is 1. The molecule has 0 saturated carbocycles. The minimum absolute atomic E-state index is 0.113. The fourth-order valence-electron chi connectivity index (χ4n) is 3.09. The van der Waals surface area contributed by atoms with Crippen molar-refractivity contribution >= 4 is 23.1 Å². The summed E-state index contributed by atoms with van der Waals surface area (Å²) in [5, 5.41) is 0.113. The lowest BCUT2D eigenvalue weighted by Gasteiger charge is -2.19. The van der Waals surface area contributed by atoms with Gasteiger partial charge in [-0.25, -0.2) is 9.37 Å². The van der Waals surface area contributed by atoms with Crippen LogP contribution in [0.4, 0.5) is 15.9 Å². The van der Waals surface area contributed by atoms with Crippen LogP contribution in [0.3, 0.4) is 0 Å². The van der Waals surface area contributed by atoms with E-state index in [1.807, 2.05) is 31.4 Å². The summed E-state index contributed by atoms with van der Waals surface area (Å²) < 4.78 is 14.4. The number of fused-ring (bicyclic) bond motifs is 1. The molecule has 3 aromatic rings. The lowest BCUT2D eigenvalue weighted by Crippen LogP contribution is -2.27. The van der Waals surface area contributed by atoms with Crippen LogP contribution >= 0.6 is 11.6 Å². The molecule has 0 aliphatic carbocycles. The summed E-state index contributed by atoms with van der Waals surface area (Å²) in [5.41, 5.74) is 3.26. The SMILES string of the molecule is CN1CN(Cc2cccnc2)c2cc(-c3cccc(Cl)c3F)cnc21. The Kier molecular flexibility index (Phi) is 4.01. The van der Waals surface area contributed by atoms with Crippen LogP contribution in [0.15, 0.2) is 55.0 Å². The fraction of sp³-hybridized carbons (Fsp3) is 0.158. The number of nitrogens with zero attached hydrogens (tertiary/aromatic N) is 4. The summed E-state index contributed by atoms with van der Waals surface area (Å²) in [6, 6.07) is 10.9. The van der Waals surface area contributed by atoms with Crippen molar-refractivity contribution in [3.8, 4) is 11.1 Å². The van der Waals surface area contributed by atoms with Crippen LogP contribution in [0, 0.1) is 5.82 Å². The molecule has 4 nitrogen and oxygen atoms in total. The summed E-state index contributed by atoms with van der Waals surface area (Å²) in [6.45, 7) is 1.44. The Morgan fingerprint density at radius 3 is 2.88 bits per heavy atom. The third-order valence-electron chi connectivity index (χ3n) is 4.29. The van der Waals surface area contributed by atoms with Crippen LogP contribution in [-0.2, 0) is 6.54 Å². The molecule has 0 fully saturated rings. The van der Waals surface area contributed by atoms with Crippen molar-refractivity contribution in [2.24, 2.45) is 0 Å². The third-order valence-corrected chi connectivity index (χ3v) is 4.58. The molecule has 1 aromatic carbocycles. The molecular weight excluding hydrogens is 339 g/mol. The predicted molar refractivity (Wildman–Crippen MR) is 98.3 cm³/mol. The van der Waals surface area contributed by atoms with E-state index in [2.05, 4.69) is 19.8 Å². The first kappa shape index (κ1) is 15.8. The lowest BCUT2D eigenvalue weighted by molar-refractivity contribution is 0.631. The van der Waals surface area contributed by atoms with E-state index in [0.29, 0.717) is 17.7 Å². The fourth-order valence-corrected chi connectivity index (χ4v) is 3.27. The van der Waals surface area contributed by atoms with Crippen LogP contribution in [0.5, 0.6) is 0 Å². The molecule has 1 aliphatic rings. The van der Waals surface area contributed by atoms with Gasteiger partial charge in [0, 0.05) is 43.3 Å². The monoisotopic (exact) mass is 354 g/mol. The smallest absolute Gasteiger partial charge is 0.153 e. The van der Waals surface area contributed by atoms with E-state index < -0.39 is 5.82 Å². The van der Waals surface area contributed by atoms with E-state index in [-0.39, 0.29) is 5.02 Å². The molecule has 4 rings (SSSR count). The summed E-state index contributed by atoms with van der Waals surface area (Å²) >= 11 is 5.92. The van der Waals surface area contributed by atoms with Gasteiger partial charge in [0.2, 0.25) is 0 Å². The molecule has 1 aliphatic heterocycles. The molecule has 25 heavy (non-hydrogen) atoms. The molecule has 126 valence electrons. The number of halogens is 2. The van der Waals surface area contributed by atoms with Gasteiger partial charge >= 0.3 is 0 Å². The summed E-state index contributed by atoms with van der Waals surface area (Å²) in [6.07, 6.45) is 5.30. The van der Waals surface area contributed by atoms with Gasteiger partial charge in [-0.1, -0.05) is 29.8 Å². The van der Waals surface area contributed by atoms with Crippen LogP contribution in [-0.4, -0.2) is 23.7 Å². The first-order chi connectivity index (χ1) is 12.1. The minimum atomic E-state index is -0.420. The highest BCUT2D eigenvalue weighted by molar-refractivity contribution is 6.31. The second kappa shape index (κ2) is 6.33. The first-order valence-corrected chi connectivity index (χ1v) is 8.30. The van der Waals surface area contributed by atoms with Crippen molar-refractivity contribution in [2.75, 3.05) is 23.5 Å². The quantitative estimate of drug-likeness (QED) is 0.700. The average molecular weight is 355 g/mol. The van der Waals surface area contributed by atoms with E-state index >= 15 is 0 Å². The Labute approximate surface area is 150 Å². The van der Waals surface area contributed by atoms with Gasteiger partial charge in [-0.15, -0.1) is 0 Å². The van der Waals surface area contributed by atoms with E-state index in [4.69, 9.17) is 11.6 Å². The zero-order valence-electron chi connectivity index (χ0n) is 13.7. The molecule has 2 aromatic heterocycles. The minimum Gasteiger partial charge on any atom is -0.346 e. The Balaban J connectivity index is 1.73. The van der Waals surface area contributed by atoms with Crippen molar-refractivity contribution in [3.63, 3.8) is 0 Å². The standard InChI is InChI=1S/C19H16ClFN4/c1-24-12-25(11-13-4-3-7-22-9-13)17-8-14(10-23-19(17)24)15-5-2-6-16(20)18(15)21/h2-10H,11-12H2,1H3. The number of pyridine rings is 2. The number of aromatic nitrogens is 2. The van der Waals surface area contributed by atoms with Crippen molar-refractivity contribution in [1.29, 1.82) is 0 Å². The third kappa shape index (κ3) is 2.91. The second-order valence-corrected chi connectivity index (χ2v) is 6.47. The molecule has 0 unspecified atom stereocenters. The van der Waals surface area contributed by atoms with Crippen LogP contribution in [0.2, 0.25) is 5.02 Å². The number of anilines is 2. The van der Waals surface area contributed by atoms with Crippen molar-refractivity contribution in [3.05, 3.63) is 71.4 Å². The zero-order valence-corrected chi connectivity index (χ0v) is 14.4. The molecule has 0 amide bonds. The Morgan fingerprint density at radius 1 is 1.20 bits per heavy atom. The Bertz CT molecular complexity index is 917. The number of hydrogen-bond donors (Lipinski definition) is 0. The van der Waals surface area contributed by atoms with Gasteiger partial charge in [-0.2, -0.15) is 0 Å². The van der Waals surface area contributed by atoms with Crippen LogP contribution in [0.25, 0.3) is 11.1 Å². The second-order valence-electron chi connectivity index (χ2n) is 6.07. The van der Waals surface area contributed by atoms with Crippen molar-refractivity contribution in [1.82, 2.24) is 9.97 Å². The molecule has 0 spiro atoms. The van der Waals surface area contributed by atoms with E-state index in [0.717, 1.165) is 23.7 Å². The van der Waals surface area contributed by atoms with Crippen LogP contribution in [0.1, 0.15) is 5.56 Å². The molecule has 3 heterocycles.